The van der Waals surface area contributed by atoms with E-state index >= 15 is 0 Å². The van der Waals surface area contributed by atoms with Crippen molar-refractivity contribution in [2.75, 3.05) is 0 Å². The van der Waals surface area contributed by atoms with Crippen LogP contribution in [0.4, 0.5) is 0 Å². The molecule has 138 valence electrons. The van der Waals surface area contributed by atoms with Crippen LogP contribution in [0, 0.1) is 0 Å². The molecule has 28 heavy (non-hydrogen) atoms. The van der Waals surface area contributed by atoms with Crippen LogP contribution in [0.15, 0.2) is 77.3 Å². The zero-order valence-electron chi connectivity index (χ0n) is 14.6. The number of nitrogens with one attached hydrogen (secondary N) is 2. The molecule has 0 aliphatic heterocycles. The fraction of sp³-hybridized carbons (Fsp3) is 0. The highest BCUT2D eigenvalue weighted by Gasteiger charge is 2.13. The number of hydrogen-bond donors (Lipinski definition) is 2. The van der Waals surface area contributed by atoms with Gasteiger partial charge in [-0.25, -0.2) is 4.98 Å². The van der Waals surface area contributed by atoms with E-state index in [1.807, 2.05) is 60.7 Å². The number of fused-ring (bicyclic) bond motifs is 1. The summed E-state index contributed by atoms with van der Waals surface area (Å²) in [5.74, 6) is 0.349. The van der Waals surface area contributed by atoms with Gasteiger partial charge in [0.2, 0.25) is 0 Å². The Morgan fingerprint density at radius 2 is 1.86 bits per heavy atom. The third-order valence-corrected chi connectivity index (χ3v) is 4.87. The maximum absolute atomic E-state index is 12.7. The van der Waals surface area contributed by atoms with E-state index in [4.69, 9.17) is 11.6 Å². The lowest BCUT2D eigenvalue weighted by atomic mass is 10.1. The number of aromatic nitrogens is 2. The van der Waals surface area contributed by atoms with Crippen LogP contribution >= 0.6 is 27.5 Å². The molecule has 0 saturated carbocycles. The van der Waals surface area contributed by atoms with Crippen LogP contribution in [-0.2, 0) is 0 Å². The largest absolute Gasteiger partial charge is 0.337 e. The SMILES string of the molecule is O=C(NC(=Cc1cccc(Br)c1)c1nc2ccc(Cl)cc2[nH]1)c1ccccc1. The Hall–Kier alpha value is -2.89. The monoisotopic (exact) mass is 451 g/mol. The maximum Gasteiger partial charge on any atom is 0.255 e. The predicted octanol–water partition coefficient (Wildman–Crippen LogP) is 5.91. The van der Waals surface area contributed by atoms with Crippen LogP contribution in [-0.4, -0.2) is 15.9 Å². The summed E-state index contributed by atoms with van der Waals surface area (Å²) in [4.78, 5) is 20.6. The minimum atomic E-state index is -0.208. The van der Waals surface area contributed by atoms with Crippen molar-refractivity contribution in [1.29, 1.82) is 0 Å². The lowest BCUT2D eigenvalue weighted by Crippen LogP contribution is -2.22. The molecule has 4 nitrogen and oxygen atoms in total. The quantitative estimate of drug-likeness (QED) is 0.404. The molecular formula is C22H15BrClN3O. The number of H-pyrrole nitrogens is 1. The number of imidazole rings is 1. The van der Waals surface area contributed by atoms with Crippen molar-refractivity contribution in [1.82, 2.24) is 15.3 Å². The van der Waals surface area contributed by atoms with E-state index in [0.717, 1.165) is 21.1 Å². The molecule has 4 aromatic rings. The van der Waals surface area contributed by atoms with Gasteiger partial charge in [0.15, 0.2) is 5.82 Å². The molecule has 1 heterocycles. The molecule has 0 spiro atoms. The van der Waals surface area contributed by atoms with E-state index < -0.39 is 0 Å². The van der Waals surface area contributed by atoms with E-state index in [1.54, 1.807) is 18.2 Å². The second kappa shape index (κ2) is 8.00. The van der Waals surface area contributed by atoms with Crippen LogP contribution in [0.2, 0.25) is 5.02 Å². The molecule has 6 heteroatoms. The Kier molecular flexibility index (Phi) is 5.28. The molecule has 1 amide bonds. The van der Waals surface area contributed by atoms with E-state index in [1.165, 1.54) is 0 Å². The highest BCUT2D eigenvalue weighted by molar-refractivity contribution is 9.10. The molecule has 0 atom stereocenters. The van der Waals surface area contributed by atoms with E-state index in [0.29, 0.717) is 22.1 Å². The van der Waals surface area contributed by atoms with Crippen LogP contribution in [0.25, 0.3) is 22.8 Å². The van der Waals surface area contributed by atoms with Gasteiger partial charge in [-0.1, -0.05) is 57.9 Å². The number of rotatable bonds is 4. The molecule has 3 aromatic carbocycles. The summed E-state index contributed by atoms with van der Waals surface area (Å²) in [5, 5.41) is 3.59. The Morgan fingerprint density at radius 1 is 1.04 bits per heavy atom. The number of amides is 1. The predicted molar refractivity (Wildman–Crippen MR) is 117 cm³/mol. The summed E-state index contributed by atoms with van der Waals surface area (Å²) < 4.78 is 0.950. The second-order valence-corrected chi connectivity index (χ2v) is 7.53. The average Bonchev–Trinajstić information content (AvgIpc) is 3.11. The fourth-order valence-electron chi connectivity index (χ4n) is 2.82. The first-order chi connectivity index (χ1) is 13.6. The van der Waals surface area contributed by atoms with Crippen LogP contribution in [0.3, 0.4) is 0 Å². The van der Waals surface area contributed by atoms with Crippen LogP contribution < -0.4 is 5.32 Å². The van der Waals surface area contributed by atoms with Crippen molar-refractivity contribution in [3.05, 3.63) is 99.2 Å². The van der Waals surface area contributed by atoms with Crippen molar-refractivity contribution in [3.8, 4) is 0 Å². The van der Waals surface area contributed by atoms with Crippen molar-refractivity contribution in [2.45, 2.75) is 0 Å². The first-order valence-corrected chi connectivity index (χ1v) is 9.75. The van der Waals surface area contributed by atoms with E-state index in [9.17, 15) is 4.79 Å². The minimum Gasteiger partial charge on any atom is -0.337 e. The lowest BCUT2D eigenvalue weighted by molar-refractivity contribution is 0.0973. The van der Waals surface area contributed by atoms with E-state index in [2.05, 4.69) is 31.2 Å². The molecule has 0 fully saturated rings. The fourth-order valence-corrected chi connectivity index (χ4v) is 3.41. The van der Waals surface area contributed by atoms with Gasteiger partial charge in [0.25, 0.3) is 5.91 Å². The number of carbonyl (C=O) groups excluding carboxylic acids is 1. The maximum atomic E-state index is 12.7. The minimum absolute atomic E-state index is 0.208. The Balaban J connectivity index is 1.77. The highest BCUT2D eigenvalue weighted by Crippen LogP contribution is 2.22. The Bertz CT molecular complexity index is 1180. The zero-order valence-corrected chi connectivity index (χ0v) is 17.0. The van der Waals surface area contributed by atoms with Crippen molar-refractivity contribution in [3.63, 3.8) is 0 Å². The van der Waals surface area contributed by atoms with Gasteiger partial charge in [0.05, 0.1) is 16.7 Å². The number of hydrogen-bond acceptors (Lipinski definition) is 2. The van der Waals surface area contributed by atoms with Crippen LogP contribution in [0.1, 0.15) is 21.7 Å². The summed E-state index contributed by atoms with van der Waals surface area (Å²) in [6.07, 6.45) is 1.88. The first-order valence-electron chi connectivity index (χ1n) is 8.58. The number of nitrogens with zero attached hydrogens (tertiary/aromatic N) is 1. The molecule has 0 bridgehead atoms. The number of carbonyl (C=O) groups is 1. The van der Waals surface area contributed by atoms with Gasteiger partial charge in [-0.15, -0.1) is 0 Å². The normalized spacial score (nSPS) is 11.6. The first kappa shape index (κ1) is 18.5. The van der Waals surface area contributed by atoms with Gasteiger partial charge in [0.1, 0.15) is 0 Å². The van der Waals surface area contributed by atoms with Crippen molar-refractivity contribution in [2.24, 2.45) is 0 Å². The molecule has 0 aliphatic rings. The van der Waals surface area contributed by atoms with Crippen molar-refractivity contribution < 1.29 is 4.79 Å². The summed E-state index contributed by atoms with van der Waals surface area (Å²) in [6.45, 7) is 0. The summed E-state index contributed by atoms with van der Waals surface area (Å²) in [5.41, 5.74) is 3.64. The van der Waals surface area contributed by atoms with E-state index in [-0.39, 0.29) is 5.91 Å². The molecule has 0 aliphatic carbocycles. The van der Waals surface area contributed by atoms with Gasteiger partial charge < -0.3 is 10.3 Å². The smallest absolute Gasteiger partial charge is 0.255 e. The molecular weight excluding hydrogens is 438 g/mol. The van der Waals surface area contributed by atoms with Gasteiger partial charge in [0, 0.05) is 15.1 Å². The molecule has 0 radical (unpaired) electrons. The van der Waals surface area contributed by atoms with Gasteiger partial charge in [-0.2, -0.15) is 0 Å². The molecule has 0 unspecified atom stereocenters. The topological polar surface area (TPSA) is 57.8 Å². The van der Waals surface area contributed by atoms with Gasteiger partial charge in [-0.05, 0) is 54.1 Å². The van der Waals surface area contributed by atoms with Gasteiger partial charge in [-0.3, -0.25) is 4.79 Å². The average molecular weight is 453 g/mol. The Morgan fingerprint density at radius 3 is 2.64 bits per heavy atom. The summed E-state index contributed by atoms with van der Waals surface area (Å²) in [6, 6.07) is 22.3. The molecule has 1 aromatic heterocycles. The highest BCUT2D eigenvalue weighted by atomic mass is 79.9. The second-order valence-electron chi connectivity index (χ2n) is 6.18. The third-order valence-electron chi connectivity index (χ3n) is 4.14. The van der Waals surface area contributed by atoms with Crippen molar-refractivity contribution >= 4 is 56.2 Å². The molecule has 2 N–H and O–H groups in total. The number of benzene rings is 3. The Labute approximate surface area is 175 Å². The van der Waals surface area contributed by atoms with Crippen LogP contribution in [0.5, 0.6) is 0 Å². The summed E-state index contributed by atoms with van der Waals surface area (Å²) in [7, 11) is 0. The standard InChI is InChI=1S/C22H15BrClN3O/c23-16-8-4-5-14(11-16)12-20(27-22(28)15-6-2-1-3-7-15)21-25-18-10-9-17(24)13-19(18)26-21/h1-13H,(H,25,26)(H,27,28). The number of aromatic amines is 1. The molecule has 4 rings (SSSR count). The number of halogens is 2. The third kappa shape index (κ3) is 4.16. The van der Waals surface area contributed by atoms with Gasteiger partial charge >= 0.3 is 0 Å². The zero-order chi connectivity index (χ0) is 19.5. The summed E-state index contributed by atoms with van der Waals surface area (Å²) >= 11 is 9.56. The lowest BCUT2D eigenvalue weighted by Gasteiger charge is -2.08. The molecule has 0 saturated heterocycles.